The van der Waals surface area contributed by atoms with Gasteiger partial charge in [-0.2, -0.15) is 10.5 Å². The Labute approximate surface area is 332 Å². The molecule has 0 radical (unpaired) electrons. The molecule has 55 heavy (non-hydrogen) atoms. The molecule has 2 aromatic rings. The molecule has 0 saturated heterocycles. The van der Waals surface area contributed by atoms with Gasteiger partial charge in [-0.05, 0) is 49.5 Å². The number of hydrogen-bond donors (Lipinski definition) is 1. The smallest absolute Gasteiger partial charge is 0.306 e. The number of nitriles is 2. The Kier molecular flexibility index (Phi) is 19.9. The molecule has 1 unspecified atom stereocenters. The average molecular weight is 803 g/mol. The highest BCUT2D eigenvalue weighted by molar-refractivity contribution is 6.19. The van der Waals surface area contributed by atoms with E-state index < -0.39 is 10.6 Å². The summed E-state index contributed by atoms with van der Waals surface area (Å²) in [5.74, 6) is -0.283. The van der Waals surface area contributed by atoms with Crippen LogP contribution in [0.2, 0.25) is 0 Å². The number of amides is 1. The van der Waals surface area contributed by atoms with Crippen molar-refractivity contribution in [1.82, 2.24) is 0 Å². The van der Waals surface area contributed by atoms with Crippen molar-refractivity contribution in [3.8, 4) is 17.9 Å². The third-order valence-corrected chi connectivity index (χ3v) is 8.36. The molecule has 0 heterocycles. The van der Waals surface area contributed by atoms with Crippen molar-refractivity contribution in [2.24, 2.45) is 21.6 Å². The van der Waals surface area contributed by atoms with Gasteiger partial charge in [-0.15, -0.1) is 33.4 Å². The summed E-state index contributed by atoms with van der Waals surface area (Å²) in [7, 11) is 1.47. The third kappa shape index (κ3) is 16.5. The molecule has 15 nitrogen and oxygen atoms in total. The van der Waals surface area contributed by atoms with E-state index in [2.05, 4.69) is 36.3 Å². The molecule has 1 N–H and O–H groups in total. The van der Waals surface area contributed by atoms with Crippen molar-refractivity contribution < 1.29 is 33.5 Å². The molecule has 2 rings (SSSR count). The van der Waals surface area contributed by atoms with Gasteiger partial charge in [0.2, 0.25) is 5.91 Å². The summed E-state index contributed by atoms with van der Waals surface area (Å²) in [5.41, 5.74) is -0.0718. The summed E-state index contributed by atoms with van der Waals surface area (Å²) in [6, 6.07) is 8.96. The lowest BCUT2D eigenvalue weighted by atomic mass is 9.84. The van der Waals surface area contributed by atoms with Crippen molar-refractivity contribution in [3.05, 3.63) is 45.5 Å². The lowest BCUT2D eigenvalue weighted by Crippen LogP contribution is -2.27. The van der Waals surface area contributed by atoms with Gasteiger partial charge in [-0.1, -0.05) is 27.7 Å². The van der Waals surface area contributed by atoms with Gasteiger partial charge in [0.1, 0.15) is 29.3 Å². The number of azo groups is 1. The van der Waals surface area contributed by atoms with E-state index in [1.54, 1.807) is 12.1 Å². The SMILES string of the molecule is COc1cc(/N=N/c2c(C#N)cc([N+](=O)[O-])cc2C#N)c(NC(=O)CC(C)CC(C)(C)C)cc1N(CCCCOC(=O)CCCl)CCCCOC(=O)CCCl. The first kappa shape index (κ1) is 46.2. The molecular weight excluding hydrogens is 753 g/mol. The maximum atomic E-state index is 13.5. The first-order valence-electron chi connectivity index (χ1n) is 17.9. The summed E-state index contributed by atoms with van der Waals surface area (Å²) < 4.78 is 16.3. The minimum atomic E-state index is -0.714. The Bertz CT molecular complexity index is 1690. The molecule has 0 fully saturated rings. The van der Waals surface area contributed by atoms with E-state index in [0.29, 0.717) is 50.2 Å². The first-order valence-corrected chi connectivity index (χ1v) is 19.0. The normalized spacial score (nSPS) is 11.7. The van der Waals surface area contributed by atoms with Crippen LogP contribution in [-0.4, -0.2) is 67.9 Å². The highest BCUT2D eigenvalue weighted by Gasteiger charge is 2.22. The van der Waals surface area contributed by atoms with Crippen LogP contribution in [0.15, 0.2) is 34.5 Å². The molecule has 17 heteroatoms. The predicted molar refractivity (Wildman–Crippen MR) is 209 cm³/mol. The van der Waals surface area contributed by atoms with Gasteiger partial charge in [0.15, 0.2) is 0 Å². The van der Waals surface area contributed by atoms with Crippen LogP contribution in [0.1, 0.15) is 90.2 Å². The Morgan fingerprint density at radius 2 is 1.47 bits per heavy atom. The number of unbranched alkanes of at least 4 members (excludes halogenated alkanes) is 2. The molecule has 0 bridgehead atoms. The predicted octanol–water partition coefficient (Wildman–Crippen LogP) is 8.87. The van der Waals surface area contributed by atoms with E-state index >= 15 is 0 Å². The molecule has 0 aliphatic carbocycles. The molecule has 0 saturated carbocycles. The molecule has 0 aromatic heterocycles. The van der Waals surface area contributed by atoms with Gasteiger partial charge in [0.05, 0.1) is 60.6 Å². The molecule has 1 amide bonds. The number of carbonyl (C=O) groups excluding carboxylic acids is 3. The van der Waals surface area contributed by atoms with Crippen LogP contribution >= 0.6 is 23.2 Å². The number of halogens is 2. The van der Waals surface area contributed by atoms with Crippen LogP contribution in [0.5, 0.6) is 5.75 Å². The molecule has 0 aliphatic rings. The van der Waals surface area contributed by atoms with E-state index in [9.17, 15) is 35.0 Å². The second-order valence-electron chi connectivity index (χ2n) is 14.0. The maximum Gasteiger partial charge on any atom is 0.306 e. The van der Waals surface area contributed by atoms with Crippen LogP contribution in [0.25, 0.3) is 0 Å². The van der Waals surface area contributed by atoms with Crippen LogP contribution in [0.3, 0.4) is 0 Å². The van der Waals surface area contributed by atoms with E-state index in [1.165, 1.54) is 7.11 Å². The number of ether oxygens (including phenoxy) is 3. The monoisotopic (exact) mass is 801 g/mol. The highest BCUT2D eigenvalue weighted by atomic mass is 35.5. The third-order valence-electron chi connectivity index (χ3n) is 7.98. The van der Waals surface area contributed by atoms with Crippen molar-refractivity contribution in [3.63, 3.8) is 0 Å². The van der Waals surface area contributed by atoms with Crippen LogP contribution < -0.4 is 15.0 Å². The largest absolute Gasteiger partial charge is 0.494 e. The lowest BCUT2D eigenvalue weighted by molar-refractivity contribution is -0.384. The number of anilines is 2. The van der Waals surface area contributed by atoms with E-state index in [0.717, 1.165) is 18.6 Å². The average Bonchev–Trinajstić information content (AvgIpc) is 3.11. The van der Waals surface area contributed by atoms with Gasteiger partial charge in [-0.25, -0.2) is 0 Å². The van der Waals surface area contributed by atoms with Crippen molar-refractivity contribution in [2.45, 2.75) is 79.1 Å². The van der Waals surface area contributed by atoms with Crippen molar-refractivity contribution in [1.29, 1.82) is 10.5 Å². The first-order chi connectivity index (χ1) is 26.2. The number of alkyl halides is 2. The summed E-state index contributed by atoms with van der Waals surface area (Å²) in [5, 5.41) is 42.4. The number of carbonyl (C=O) groups is 3. The van der Waals surface area contributed by atoms with Gasteiger partial charge in [-0.3, -0.25) is 24.5 Å². The zero-order chi connectivity index (χ0) is 41.0. The molecule has 0 aliphatic heterocycles. The minimum absolute atomic E-state index is 0.000617. The van der Waals surface area contributed by atoms with Crippen molar-refractivity contribution >= 4 is 69.5 Å². The number of nitrogens with one attached hydrogen (secondary N) is 1. The summed E-state index contributed by atoms with van der Waals surface area (Å²) in [4.78, 5) is 49.8. The van der Waals surface area contributed by atoms with E-state index in [-0.39, 0.29) is 102 Å². The Hall–Kier alpha value is -4.99. The van der Waals surface area contributed by atoms with Crippen molar-refractivity contribution in [2.75, 3.05) is 55.4 Å². The Balaban J connectivity index is 2.59. The zero-order valence-corrected chi connectivity index (χ0v) is 33.5. The summed E-state index contributed by atoms with van der Waals surface area (Å²) in [6.07, 6.45) is 3.59. The molecule has 1 atom stereocenters. The minimum Gasteiger partial charge on any atom is -0.494 e. The Morgan fingerprint density at radius 1 is 0.927 bits per heavy atom. The van der Waals surface area contributed by atoms with Gasteiger partial charge in [0.25, 0.3) is 5.69 Å². The number of esters is 2. The number of benzene rings is 2. The fraction of sp³-hybridized carbons (Fsp3) is 0.553. The zero-order valence-electron chi connectivity index (χ0n) is 32.0. The fourth-order valence-electron chi connectivity index (χ4n) is 5.73. The summed E-state index contributed by atoms with van der Waals surface area (Å²) in [6.45, 7) is 9.70. The number of nitro benzene ring substituents is 1. The number of rotatable bonds is 23. The van der Waals surface area contributed by atoms with Crippen LogP contribution in [0.4, 0.5) is 28.4 Å². The van der Waals surface area contributed by atoms with E-state index in [4.69, 9.17) is 37.4 Å². The number of non-ortho nitro benzene ring substituents is 1. The summed E-state index contributed by atoms with van der Waals surface area (Å²) >= 11 is 11.3. The Morgan fingerprint density at radius 3 is 1.93 bits per heavy atom. The standard InChI is InChI=1S/C38H49Cl2N7O8/c1-26(23-38(2,3)4)18-34(48)43-30-21-32(46(14-6-8-16-54-35(49)10-12-39)15-7-9-17-55-36(50)11-13-40)33(53-5)22-31(30)44-45-37-27(24-41)19-29(47(51)52)20-28(37)25-42/h19-22,26H,6-18,23H2,1-5H3,(H,43,48)/b45-44+. The van der Waals surface area contributed by atoms with Crippen LogP contribution in [-0.2, 0) is 23.9 Å². The second-order valence-corrected chi connectivity index (χ2v) is 14.7. The molecule has 2 aromatic carbocycles. The lowest BCUT2D eigenvalue weighted by Gasteiger charge is -2.28. The highest BCUT2D eigenvalue weighted by Crippen LogP contribution is 2.41. The second kappa shape index (κ2) is 23.7. The van der Waals surface area contributed by atoms with Gasteiger partial charge < -0.3 is 24.4 Å². The quantitative estimate of drug-likeness (QED) is 0.0280. The number of nitro groups is 1. The van der Waals surface area contributed by atoms with Gasteiger partial charge in [0, 0.05) is 49.5 Å². The number of methoxy groups -OCH3 is 1. The fourth-order valence-corrected chi connectivity index (χ4v) is 6.03. The number of hydrogen-bond acceptors (Lipinski definition) is 13. The molecular formula is C38H49Cl2N7O8. The molecule has 298 valence electrons. The van der Waals surface area contributed by atoms with Gasteiger partial charge >= 0.3 is 11.9 Å². The van der Waals surface area contributed by atoms with Crippen LogP contribution in [0, 0.1) is 44.1 Å². The number of nitrogens with zero attached hydrogens (tertiary/aromatic N) is 6. The maximum absolute atomic E-state index is 13.5. The molecule has 0 spiro atoms. The topological polar surface area (TPSA) is 210 Å². The van der Waals surface area contributed by atoms with E-state index in [1.807, 2.05) is 24.0 Å².